The van der Waals surface area contributed by atoms with Gasteiger partial charge < -0.3 is 0 Å². The number of hydrogen-bond acceptors (Lipinski definition) is 0. The molecule has 0 N–H and O–H groups in total. The lowest BCUT2D eigenvalue weighted by Crippen LogP contribution is -1.85. The van der Waals surface area contributed by atoms with E-state index in [1.54, 1.807) is 0 Å². The molecule has 0 spiro atoms. The fourth-order valence-electron chi connectivity index (χ4n) is 2.52. The number of benzene rings is 4. The molecule has 0 nitrogen and oxygen atoms in total. The van der Waals surface area contributed by atoms with E-state index in [0.29, 0.717) is 0 Å². The minimum atomic E-state index is 0.764. The zero-order valence-electron chi connectivity index (χ0n) is 17.0. The molecular weight excluding hydrogens is 386 g/mol. The van der Waals surface area contributed by atoms with Gasteiger partial charge in [0.15, 0.2) is 0 Å². The second-order valence-electron chi connectivity index (χ2n) is 6.68. The van der Waals surface area contributed by atoms with Crippen LogP contribution in [0.5, 0.6) is 0 Å². The fourth-order valence-corrected chi connectivity index (χ4v) is 2.52. The molecule has 3 unspecified atom stereocenters. The Balaban J connectivity index is 0.000000170. The van der Waals surface area contributed by atoms with E-state index >= 15 is 0 Å². The van der Waals surface area contributed by atoms with Crippen molar-refractivity contribution in [3.05, 3.63) is 121 Å². The van der Waals surface area contributed by atoms with Crippen molar-refractivity contribution in [3.8, 4) is 22.3 Å². The third-order valence-electron chi connectivity index (χ3n) is 4.13. The first-order valence-corrected chi connectivity index (χ1v) is 11.4. The molecule has 0 saturated carbocycles. The van der Waals surface area contributed by atoms with Gasteiger partial charge >= 0.3 is 0 Å². The highest BCUT2D eigenvalue weighted by Gasteiger charge is 1.92. The van der Waals surface area contributed by atoms with Gasteiger partial charge in [0.05, 0.1) is 0 Å². The molecule has 0 heterocycles. The lowest BCUT2D eigenvalue weighted by atomic mass is 10.1. The summed E-state index contributed by atoms with van der Waals surface area (Å²) in [4.78, 5) is 0. The molecule has 0 radical (unpaired) electrons. The smallest absolute Gasteiger partial charge is 0.0184 e. The first kappa shape index (κ1) is 23.0. The van der Waals surface area contributed by atoms with E-state index in [1.165, 1.54) is 28.4 Å². The van der Waals surface area contributed by atoms with Crippen molar-refractivity contribution in [1.82, 2.24) is 0 Å². The Labute approximate surface area is 180 Å². The molecule has 0 saturated heterocycles. The molecule has 29 heavy (non-hydrogen) atoms. The predicted octanol–water partition coefficient (Wildman–Crippen LogP) is 7.83. The monoisotopic (exact) mass is 416 g/mol. The Kier molecular flexibility index (Phi) is 11.0. The summed E-state index contributed by atoms with van der Waals surface area (Å²) in [6.45, 7) is 2.16. The zero-order valence-corrected chi connectivity index (χ0v) is 19.3. The van der Waals surface area contributed by atoms with Crippen LogP contribution in [0.25, 0.3) is 22.3 Å². The second kappa shape index (κ2) is 13.8. The van der Waals surface area contributed by atoms with E-state index in [4.69, 9.17) is 0 Å². The van der Waals surface area contributed by atoms with E-state index in [2.05, 4.69) is 122 Å². The van der Waals surface area contributed by atoms with Crippen molar-refractivity contribution >= 4 is 18.5 Å². The largest absolute Gasteiger partial charge is 0.137 e. The first-order chi connectivity index (χ1) is 14.2. The van der Waals surface area contributed by atoms with Crippen LogP contribution < -0.4 is 0 Å². The molecular formula is C27H30P2. The van der Waals surface area contributed by atoms with Crippen molar-refractivity contribution in [1.29, 1.82) is 0 Å². The maximum Gasteiger partial charge on any atom is -0.0184 e. The van der Waals surface area contributed by atoms with Crippen LogP contribution in [0.15, 0.2) is 121 Å². The van der Waals surface area contributed by atoms with Crippen molar-refractivity contribution in [3.63, 3.8) is 0 Å². The molecule has 0 aromatic heterocycles. The summed E-state index contributed by atoms with van der Waals surface area (Å²) in [6, 6.07) is 41.6. The van der Waals surface area contributed by atoms with Crippen molar-refractivity contribution in [2.75, 3.05) is 6.16 Å². The van der Waals surface area contributed by atoms with Crippen LogP contribution in [0.1, 0.15) is 6.92 Å². The average molecular weight is 416 g/mol. The number of rotatable bonds is 3. The summed E-state index contributed by atoms with van der Waals surface area (Å²) in [7, 11) is 5.39. The van der Waals surface area contributed by atoms with Crippen LogP contribution in [-0.4, -0.2) is 11.8 Å². The van der Waals surface area contributed by atoms with Gasteiger partial charge in [-0.3, -0.25) is 0 Å². The summed E-state index contributed by atoms with van der Waals surface area (Å²) >= 11 is 0. The standard InChI is InChI=1S/2C12H10.C3H10P2/c2*1-3-7-11(8-4-1)12-9-5-2-6-10-12;1-3(5)2-4/h2*1-10H;3H,2,4-5H2,1H3. The van der Waals surface area contributed by atoms with E-state index in [1.807, 2.05) is 24.3 Å². The fraction of sp³-hybridized carbons (Fsp3) is 0.111. The topological polar surface area (TPSA) is 0 Å². The van der Waals surface area contributed by atoms with Crippen LogP contribution in [0.3, 0.4) is 0 Å². The highest BCUT2D eigenvalue weighted by Crippen LogP contribution is 2.18. The van der Waals surface area contributed by atoms with Gasteiger partial charge in [0, 0.05) is 0 Å². The Morgan fingerprint density at radius 2 is 0.655 bits per heavy atom. The van der Waals surface area contributed by atoms with Crippen LogP contribution in [-0.2, 0) is 0 Å². The summed E-state index contributed by atoms with van der Waals surface area (Å²) < 4.78 is 0. The van der Waals surface area contributed by atoms with Gasteiger partial charge in [-0.25, -0.2) is 0 Å². The van der Waals surface area contributed by atoms with Crippen LogP contribution in [0.2, 0.25) is 0 Å². The average Bonchev–Trinajstić information content (AvgIpc) is 2.82. The van der Waals surface area contributed by atoms with Gasteiger partial charge in [-0.15, -0.1) is 18.5 Å². The Morgan fingerprint density at radius 1 is 0.483 bits per heavy atom. The highest BCUT2D eigenvalue weighted by molar-refractivity contribution is 7.22. The Hall–Kier alpha value is -2.26. The van der Waals surface area contributed by atoms with Crippen molar-refractivity contribution in [2.45, 2.75) is 12.6 Å². The van der Waals surface area contributed by atoms with E-state index in [-0.39, 0.29) is 0 Å². The second-order valence-corrected chi connectivity index (χ2v) is 8.29. The Morgan fingerprint density at radius 3 is 0.793 bits per heavy atom. The van der Waals surface area contributed by atoms with E-state index in [9.17, 15) is 0 Å². The normalized spacial score (nSPS) is 10.6. The maximum absolute atomic E-state index is 2.71. The highest BCUT2D eigenvalue weighted by atomic mass is 31.0. The van der Waals surface area contributed by atoms with Crippen LogP contribution in [0.4, 0.5) is 0 Å². The van der Waals surface area contributed by atoms with Crippen molar-refractivity contribution < 1.29 is 0 Å². The first-order valence-electron chi connectivity index (χ1n) is 9.87. The molecule has 0 aliphatic rings. The van der Waals surface area contributed by atoms with Crippen LogP contribution >= 0.6 is 18.5 Å². The van der Waals surface area contributed by atoms with Gasteiger partial charge in [0.25, 0.3) is 0 Å². The molecule has 2 heteroatoms. The molecule has 0 bridgehead atoms. The molecule has 4 aromatic rings. The SMILES string of the molecule is CC(P)CP.c1ccc(-c2ccccc2)cc1.c1ccc(-c2ccccc2)cc1. The summed E-state index contributed by atoms with van der Waals surface area (Å²) in [5, 5.41) is 0. The third kappa shape index (κ3) is 9.19. The summed E-state index contributed by atoms with van der Waals surface area (Å²) in [5.41, 5.74) is 5.87. The van der Waals surface area contributed by atoms with Gasteiger partial charge in [-0.2, -0.15) is 0 Å². The molecule has 0 fully saturated rings. The molecule has 0 aliphatic carbocycles. The maximum atomic E-state index is 2.71. The summed E-state index contributed by atoms with van der Waals surface area (Å²) in [5.74, 6) is 0. The molecule has 3 atom stereocenters. The molecule has 0 amide bonds. The summed E-state index contributed by atoms with van der Waals surface area (Å²) in [6.07, 6.45) is 1.19. The number of hydrogen-bond donors (Lipinski definition) is 0. The van der Waals surface area contributed by atoms with Crippen LogP contribution in [0, 0.1) is 0 Å². The Bertz CT molecular complexity index is 740. The molecule has 148 valence electrons. The minimum Gasteiger partial charge on any atom is -0.137 e. The lowest BCUT2D eigenvalue weighted by molar-refractivity contribution is 1.14. The van der Waals surface area contributed by atoms with Gasteiger partial charge in [0.2, 0.25) is 0 Å². The van der Waals surface area contributed by atoms with E-state index < -0.39 is 0 Å². The minimum absolute atomic E-state index is 0.764. The molecule has 4 rings (SSSR count). The van der Waals surface area contributed by atoms with Crippen molar-refractivity contribution in [2.24, 2.45) is 0 Å². The quantitative estimate of drug-likeness (QED) is 0.299. The van der Waals surface area contributed by atoms with Gasteiger partial charge in [0.1, 0.15) is 0 Å². The molecule has 0 aliphatic heterocycles. The lowest BCUT2D eigenvalue weighted by Gasteiger charge is -1.98. The van der Waals surface area contributed by atoms with E-state index in [0.717, 1.165) is 5.66 Å². The zero-order chi connectivity index (χ0) is 20.7. The van der Waals surface area contributed by atoms with Gasteiger partial charge in [-0.1, -0.05) is 128 Å². The predicted molar refractivity (Wildman–Crippen MR) is 138 cm³/mol. The van der Waals surface area contributed by atoms with Gasteiger partial charge in [-0.05, 0) is 34.1 Å². The molecule has 4 aromatic carbocycles. The third-order valence-corrected chi connectivity index (χ3v) is 5.69.